The van der Waals surface area contributed by atoms with E-state index in [-0.39, 0.29) is 7.43 Å². The molecule has 0 unspecified atom stereocenters. The van der Waals surface area contributed by atoms with Crippen molar-refractivity contribution in [2.45, 2.75) is 47.0 Å². The van der Waals surface area contributed by atoms with Gasteiger partial charge in [-0.1, -0.05) is 42.9 Å². The third-order valence-corrected chi connectivity index (χ3v) is 2.22. The van der Waals surface area contributed by atoms with Crippen molar-refractivity contribution in [1.29, 1.82) is 0 Å². The molecule has 13 heavy (non-hydrogen) atoms. The monoisotopic (exact) mass is 178 g/mol. The topological polar surface area (TPSA) is 0 Å². The molecule has 0 aliphatic heterocycles. The molecule has 2 aliphatic rings. The molecule has 0 bridgehead atoms. The number of rotatable bonds is 0. The lowest BCUT2D eigenvalue weighted by Crippen LogP contribution is -1.59. The van der Waals surface area contributed by atoms with Gasteiger partial charge in [0.1, 0.15) is 0 Å². The molecular formula is C13H22. The zero-order valence-corrected chi connectivity index (χ0v) is 8.14. The highest BCUT2D eigenvalue weighted by Gasteiger charge is 1.95. The maximum atomic E-state index is 2.32. The highest BCUT2D eigenvalue weighted by Crippen LogP contribution is 2.15. The van der Waals surface area contributed by atoms with Crippen LogP contribution in [0.4, 0.5) is 0 Å². The summed E-state index contributed by atoms with van der Waals surface area (Å²) >= 11 is 0. The molecule has 0 aromatic carbocycles. The molecule has 2 aliphatic carbocycles. The smallest absolute Gasteiger partial charge is 0.0160 e. The summed E-state index contributed by atoms with van der Waals surface area (Å²) in [4.78, 5) is 0. The molecule has 0 heteroatoms. The molecule has 0 N–H and O–H groups in total. The van der Waals surface area contributed by atoms with Gasteiger partial charge >= 0.3 is 0 Å². The highest BCUT2D eigenvalue weighted by molar-refractivity contribution is 5.23. The van der Waals surface area contributed by atoms with E-state index in [1.54, 1.807) is 5.57 Å². The van der Waals surface area contributed by atoms with Gasteiger partial charge in [-0.3, -0.25) is 0 Å². The van der Waals surface area contributed by atoms with E-state index >= 15 is 0 Å². The average Bonchev–Trinajstić information content (AvgIpc) is 2.63. The Morgan fingerprint density at radius 2 is 1.92 bits per heavy atom. The number of allylic oxidation sites excluding steroid dienone is 6. The Balaban J connectivity index is 0.000000206. The van der Waals surface area contributed by atoms with E-state index in [9.17, 15) is 0 Å². The maximum absolute atomic E-state index is 2.32. The van der Waals surface area contributed by atoms with Crippen LogP contribution in [0.2, 0.25) is 0 Å². The lowest BCUT2D eigenvalue weighted by molar-refractivity contribution is 0.907. The number of hydrogen-bond donors (Lipinski definition) is 0. The fraction of sp³-hybridized carbons (Fsp3) is 0.538. The van der Waals surface area contributed by atoms with Crippen molar-refractivity contribution in [3.05, 3.63) is 35.5 Å². The van der Waals surface area contributed by atoms with Gasteiger partial charge in [-0.2, -0.15) is 0 Å². The van der Waals surface area contributed by atoms with Crippen LogP contribution >= 0.6 is 0 Å². The third kappa shape index (κ3) is 5.46. The zero-order valence-electron chi connectivity index (χ0n) is 8.14. The molecule has 0 atom stereocenters. The summed E-state index contributed by atoms with van der Waals surface area (Å²) in [5, 5.41) is 0. The molecule has 0 radical (unpaired) electrons. The quantitative estimate of drug-likeness (QED) is 0.474. The van der Waals surface area contributed by atoms with E-state index in [1.165, 1.54) is 24.8 Å². The summed E-state index contributed by atoms with van der Waals surface area (Å²) in [6.07, 6.45) is 14.0. The normalized spacial score (nSPS) is 18.3. The van der Waals surface area contributed by atoms with E-state index in [4.69, 9.17) is 0 Å². The van der Waals surface area contributed by atoms with Gasteiger partial charge < -0.3 is 0 Å². The second-order valence-electron chi connectivity index (χ2n) is 3.53. The third-order valence-electron chi connectivity index (χ3n) is 2.22. The average molecular weight is 178 g/mol. The Kier molecular flexibility index (Phi) is 6.30. The first-order valence-electron chi connectivity index (χ1n) is 4.78. The van der Waals surface area contributed by atoms with Gasteiger partial charge in [0, 0.05) is 0 Å². The summed E-state index contributed by atoms with van der Waals surface area (Å²) in [6, 6.07) is 0. The summed E-state index contributed by atoms with van der Waals surface area (Å²) in [5.74, 6) is 0. The Bertz CT molecular complexity index is 213. The summed E-state index contributed by atoms with van der Waals surface area (Å²) in [5.41, 5.74) is 2.98. The van der Waals surface area contributed by atoms with Crippen LogP contribution in [0, 0.1) is 0 Å². The highest BCUT2D eigenvalue weighted by atomic mass is 14.0. The van der Waals surface area contributed by atoms with Gasteiger partial charge in [-0.15, -0.1) is 0 Å². The molecule has 0 aromatic heterocycles. The minimum atomic E-state index is 0. The molecular weight excluding hydrogens is 156 g/mol. The Morgan fingerprint density at radius 3 is 2.08 bits per heavy atom. The molecule has 0 aromatic rings. The first-order chi connectivity index (χ1) is 5.79. The van der Waals surface area contributed by atoms with Crippen LogP contribution in [0.1, 0.15) is 47.0 Å². The Hall–Kier alpha value is -0.780. The predicted molar refractivity (Wildman–Crippen MR) is 61.9 cm³/mol. The molecule has 0 nitrogen and oxygen atoms in total. The van der Waals surface area contributed by atoms with Gasteiger partial charge in [0.15, 0.2) is 0 Å². The number of hydrogen-bond acceptors (Lipinski definition) is 0. The van der Waals surface area contributed by atoms with Crippen LogP contribution in [-0.4, -0.2) is 0 Å². The van der Waals surface area contributed by atoms with Crippen molar-refractivity contribution in [2.75, 3.05) is 0 Å². The van der Waals surface area contributed by atoms with Crippen molar-refractivity contribution in [2.24, 2.45) is 0 Å². The second kappa shape index (κ2) is 6.71. The largest absolute Gasteiger partial charge is 0.0856 e. The van der Waals surface area contributed by atoms with Crippen LogP contribution in [0.3, 0.4) is 0 Å². The van der Waals surface area contributed by atoms with Crippen molar-refractivity contribution in [1.82, 2.24) is 0 Å². The van der Waals surface area contributed by atoms with Crippen LogP contribution in [-0.2, 0) is 0 Å². The van der Waals surface area contributed by atoms with Gasteiger partial charge in [-0.05, 0) is 39.5 Å². The Morgan fingerprint density at radius 1 is 1.15 bits per heavy atom. The summed E-state index contributed by atoms with van der Waals surface area (Å²) < 4.78 is 0. The van der Waals surface area contributed by atoms with Crippen LogP contribution < -0.4 is 0 Å². The van der Waals surface area contributed by atoms with Crippen LogP contribution in [0.25, 0.3) is 0 Å². The first kappa shape index (κ1) is 12.2. The van der Waals surface area contributed by atoms with E-state index in [1.807, 2.05) is 0 Å². The van der Waals surface area contributed by atoms with Crippen molar-refractivity contribution >= 4 is 0 Å². The SMILES string of the molecule is C.CC1=CCC=C1.CC1=CCCC1. The summed E-state index contributed by atoms with van der Waals surface area (Å²) in [7, 11) is 0. The standard InChI is InChI=1S/C6H10.C6H8.CH4/c2*1-6-4-2-3-5-6;/h4H,2-3,5H2,1H3;2,4-5H,3H2,1H3;1H4. The van der Waals surface area contributed by atoms with E-state index < -0.39 is 0 Å². The lowest BCUT2D eigenvalue weighted by atomic mass is 10.3. The first-order valence-corrected chi connectivity index (χ1v) is 4.78. The molecule has 0 amide bonds. The van der Waals surface area contributed by atoms with Crippen molar-refractivity contribution < 1.29 is 0 Å². The second-order valence-corrected chi connectivity index (χ2v) is 3.53. The van der Waals surface area contributed by atoms with Crippen molar-refractivity contribution in [3.8, 4) is 0 Å². The van der Waals surface area contributed by atoms with Gasteiger partial charge in [0.05, 0.1) is 0 Å². The van der Waals surface area contributed by atoms with E-state index in [0.29, 0.717) is 0 Å². The van der Waals surface area contributed by atoms with E-state index in [2.05, 4.69) is 38.2 Å². The molecule has 0 heterocycles. The minimum absolute atomic E-state index is 0. The van der Waals surface area contributed by atoms with Gasteiger partial charge in [-0.25, -0.2) is 0 Å². The van der Waals surface area contributed by atoms with Gasteiger partial charge in [0.2, 0.25) is 0 Å². The predicted octanol–water partition coefficient (Wildman–Crippen LogP) is 4.65. The Labute approximate surface area is 83.0 Å². The van der Waals surface area contributed by atoms with Gasteiger partial charge in [0.25, 0.3) is 0 Å². The fourth-order valence-electron chi connectivity index (χ4n) is 1.41. The molecule has 0 saturated heterocycles. The van der Waals surface area contributed by atoms with Crippen LogP contribution in [0.15, 0.2) is 35.5 Å². The molecule has 2 rings (SSSR count). The minimum Gasteiger partial charge on any atom is -0.0856 e. The molecule has 0 saturated carbocycles. The zero-order chi connectivity index (χ0) is 8.81. The van der Waals surface area contributed by atoms with Crippen molar-refractivity contribution in [3.63, 3.8) is 0 Å². The molecule has 0 fully saturated rings. The molecule has 0 spiro atoms. The maximum Gasteiger partial charge on any atom is -0.0160 e. The fourth-order valence-corrected chi connectivity index (χ4v) is 1.41. The molecule has 74 valence electrons. The van der Waals surface area contributed by atoms with E-state index in [0.717, 1.165) is 6.42 Å². The van der Waals surface area contributed by atoms with Crippen LogP contribution in [0.5, 0.6) is 0 Å². The summed E-state index contributed by atoms with van der Waals surface area (Å²) in [6.45, 7) is 4.32. The lowest BCUT2D eigenvalue weighted by Gasteiger charge is -1.79.